The number of nitrogens with zero attached hydrogens (tertiary/aromatic N) is 3. The van der Waals surface area contributed by atoms with E-state index in [0.29, 0.717) is 18.2 Å². The number of carbonyl (C=O) groups excluding carboxylic acids is 1. The average Bonchev–Trinajstić information content (AvgIpc) is 3.65. The Morgan fingerprint density at radius 2 is 2.03 bits per heavy atom. The minimum atomic E-state index is -0.105. The lowest BCUT2D eigenvalue weighted by Gasteiger charge is -2.25. The van der Waals surface area contributed by atoms with Crippen LogP contribution in [0.2, 0.25) is 0 Å². The molecular formula is C26H28N4O2S2. The van der Waals surface area contributed by atoms with Gasteiger partial charge >= 0.3 is 0 Å². The van der Waals surface area contributed by atoms with Gasteiger partial charge in [0.1, 0.15) is 11.6 Å². The van der Waals surface area contributed by atoms with Crippen LogP contribution >= 0.6 is 23.1 Å². The second-order valence-corrected chi connectivity index (χ2v) is 10.5. The second kappa shape index (κ2) is 11.1. The summed E-state index contributed by atoms with van der Waals surface area (Å²) in [6.45, 7) is 0.377. The van der Waals surface area contributed by atoms with Crippen molar-refractivity contribution >= 4 is 29.0 Å². The Morgan fingerprint density at radius 3 is 2.82 bits per heavy atom. The Bertz CT molecular complexity index is 1200. The number of furan rings is 1. The van der Waals surface area contributed by atoms with E-state index in [4.69, 9.17) is 4.42 Å². The third kappa shape index (κ3) is 5.62. The Kier molecular flexibility index (Phi) is 7.46. The van der Waals surface area contributed by atoms with Gasteiger partial charge in [-0.15, -0.1) is 21.5 Å². The molecule has 1 saturated carbocycles. The maximum atomic E-state index is 12.6. The molecule has 1 fully saturated rings. The standard InChI is InChI=1S/C26H28N4O2S2/c31-25(27-17-22-11-5-13-32-22)20-8-4-7-19(15-20)18-34-26-29-28-24(16-23-12-6-14-33-23)30(26)21-9-2-1-3-10-21/h4-8,11-15,21H,1-3,9-10,16-18H2,(H,27,31). The van der Waals surface area contributed by atoms with Crippen LogP contribution in [0.25, 0.3) is 0 Å². The molecule has 0 atom stereocenters. The molecule has 176 valence electrons. The van der Waals surface area contributed by atoms with Gasteiger partial charge in [0, 0.05) is 28.7 Å². The highest BCUT2D eigenvalue weighted by molar-refractivity contribution is 7.98. The maximum Gasteiger partial charge on any atom is 0.251 e. The Morgan fingerprint density at radius 1 is 1.12 bits per heavy atom. The van der Waals surface area contributed by atoms with E-state index in [0.717, 1.165) is 34.5 Å². The Hall–Kier alpha value is -2.84. The molecule has 1 N–H and O–H groups in total. The largest absolute Gasteiger partial charge is 0.467 e. The number of benzene rings is 1. The van der Waals surface area contributed by atoms with Gasteiger partial charge in [0.15, 0.2) is 5.16 Å². The lowest BCUT2D eigenvalue weighted by molar-refractivity contribution is 0.0948. The van der Waals surface area contributed by atoms with Crippen molar-refractivity contribution < 1.29 is 9.21 Å². The lowest BCUT2D eigenvalue weighted by Crippen LogP contribution is -2.22. The van der Waals surface area contributed by atoms with Crippen molar-refractivity contribution in [3.63, 3.8) is 0 Å². The lowest BCUT2D eigenvalue weighted by atomic mass is 9.95. The number of carbonyl (C=O) groups is 1. The van der Waals surface area contributed by atoms with Crippen molar-refractivity contribution in [2.24, 2.45) is 0 Å². The van der Waals surface area contributed by atoms with Crippen molar-refractivity contribution in [1.29, 1.82) is 0 Å². The molecular weight excluding hydrogens is 464 g/mol. The third-order valence-electron chi connectivity index (χ3n) is 6.15. The van der Waals surface area contributed by atoms with Crippen LogP contribution in [-0.4, -0.2) is 20.7 Å². The molecule has 0 aliphatic heterocycles. The first-order valence-corrected chi connectivity index (χ1v) is 13.6. The molecule has 8 heteroatoms. The topological polar surface area (TPSA) is 73.0 Å². The fraction of sp³-hybridized carbons (Fsp3) is 0.346. The molecule has 0 unspecified atom stereocenters. The van der Waals surface area contributed by atoms with Gasteiger partial charge in [-0.1, -0.05) is 49.2 Å². The summed E-state index contributed by atoms with van der Waals surface area (Å²) in [6.07, 6.45) is 8.66. The summed E-state index contributed by atoms with van der Waals surface area (Å²) in [5, 5.41) is 15.2. The van der Waals surface area contributed by atoms with Gasteiger partial charge in [-0.25, -0.2) is 0 Å². The first kappa shape index (κ1) is 22.9. The number of thioether (sulfide) groups is 1. The molecule has 6 nitrogen and oxygen atoms in total. The van der Waals surface area contributed by atoms with E-state index in [1.165, 1.54) is 37.0 Å². The summed E-state index contributed by atoms with van der Waals surface area (Å²) in [4.78, 5) is 13.9. The zero-order chi connectivity index (χ0) is 23.2. The zero-order valence-electron chi connectivity index (χ0n) is 19.0. The van der Waals surface area contributed by atoms with Crippen molar-refractivity contribution in [1.82, 2.24) is 20.1 Å². The highest BCUT2D eigenvalue weighted by atomic mass is 32.2. The average molecular weight is 493 g/mol. The molecule has 1 amide bonds. The number of nitrogens with one attached hydrogen (secondary N) is 1. The van der Waals surface area contributed by atoms with Gasteiger partial charge in [0.25, 0.3) is 5.91 Å². The Balaban J connectivity index is 1.28. The van der Waals surface area contributed by atoms with Crippen LogP contribution in [0.1, 0.15) is 70.5 Å². The highest BCUT2D eigenvalue weighted by Gasteiger charge is 2.23. The van der Waals surface area contributed by atoms with Crippen LogP contribution in [0.3, 0.4) is 0 Å². The van der Waals surface area contributed by atoms with Crippen LogP contribution in [0.15, 0.2) is 69.7 Å². The fourth-order valence-electron chi connectivity index (χ4n) is 4.43. The summed E-state index contributed by atoms with van der Waals surface area (Å²) in [6, 6.07) is 16.2. The summed E-state index contributed by atoms with van der Waals surface area (Å²) in [5.41, 5.74) is 1.74. The fourth-order valence-corrected chi connectivity index (χ4v) is 6.10. The van der Waals surface area contributed by atoms with Gasteiger partial charge in [0.2, 0.25) is 0 Å². The smallest absolute Gasteiger partial charge is 0.251 e. The van der Waals surface area contributed by atoms with Gasteiger partial charge in [-0.2, -0.15) is 0 Å². The molecule has 1 aromatic carbocycles. The maximum absolute atomic E-state index is 12.6. The van der Waals surface area contributed by atoms with E-state index in [1.54, 1.807) is 29.4 Å². The predicted octanol–water partition coefficient (Wildman–Crippen LogP) is 6.25. The van der Waals surface area contributed by atoms with E-state index in [2.05, 4.69) is 43.7 Å². The number of rotatable bonds is 9. The van der Waals surface area contributed by atoms with Crippen molar-refractivity contribution in [3.8, 4) is 0 Å². The third-order valence-corrected chi connectivity index (χ3v) is 8.04. The molecule has 0 radical (unpaired) electrons. The van der Waals surface area contributed by atoms with Gasteiger partial charge in [-0.3, -0.25) is 4.79 Å². The molecule has 3 heterocycles. The summed E-state index contributed by atoms with van der Waals surface area (Å²) in [7, 11) is 0. The summed E-state index contributed by atoms with van der Waals surface area (Å²) in [5.74, 6) is 2.43. The quantitative estimate of drug-likeness (QED) is 0.280. The minimum Gasteiger partial charge on any atom is -0.467 e. The second-order valence-electron chi connectivity index (χ2n) is 8.57. The van der Waals surface area contributed by atoms with Gasteiger partial charge in [-0.05, 0) is 54.1 Å². The number of hydrogen-bond acceptors (Lipinski definition) is 6. The van der Waals surface area contributed by atoms with Crippen LogP contribution < -0.4 is 5.32 Å². The van der Waals surface area contributed by atoms with E-state index in [-0.39, 0.29) is 5.91 Å². The van der Waals surface area contributed by atoms with Crippen LogP contribution in [-0.2, 0) is 18.7 Å². The highest BCUT2D eigenvalue weighted by Crippen LogP contribution is 2.34. The van der Waals surface area contributed by atoms with Crippen molar-refractivity contribution in [2.75, 3.05) is 0 Å². The molecule has 34 heavy (non-hydrogen) atoms. The monoisotopic (exact) mass is 492 g/mol. The number of thiophene rings is 1. The molecule has 0 saturated heterocycles. The minimum absolute atomic E-state index is 0.105. The zero-order valence-corrected chi connectivity index (χ0v) is 20.6. The SMILES string of the molecule is O=C(NCc1ccco1)c1cccc(CSc2nnc(Cc3cccs3)n2C2CCCCC2)c1. The van der Waals surface area contributed by atoms with Crippen molar-refractivity contribution in [3.05, 3.63) is 87.8 Å². The van der Waals surface area contributed by atoms with E-state index >= 15 is 0 Å². The summed E-state index contributed by atoms with van der Waals surface area (Å²) < 4.78 is 7.69. The van der Waals surface area contributed by atoms with E-state index in [9.17, 15) is 4.79 Å². The molecule has 4 aromatic rings. The normalized spacial score (nSPS) is 14.4. The van der Waals surface area contributed by atoms with E-state index in [1.807, 2.05) is 30.3 Å². The predicted molar refractivity (Wildman–Crippen MR) is 135 cm³/mol. The molecule has 5 rings (SSSR count). The van der Waals surface area contributed by atoms with Crippen LogP contribution in [0.4, 0.5) is 0 Å². The number of aromatic nitrogens is 3. The van der Waals surface area contributed by atoms with Crippen LogP contribution in [0.5, 0.6) is 0 Å². The number of hydrogen-bond donors (Lipinski definition) is 1. The first-order chi connectivity index (χ1) is 16.8. The molecule has 0 spiro atoms. The Labute approximate surface area is 207 Å². The molecule has 0 bridgehead atoms. The molecule has 1 aliphatic rings. The van der Waals surface area contributed by atoms with Crippen LogP contribution in [0, 0.1) is 0 Å². The van der Waals surface area contributed by atoms with Gasteiger partial charge < -0.3 is 14.3 Å². The molecule has 3 aromatic heterocycles. The number of amides is 1. The first-order valence-electron chi connectivity index (χ1n) is 11.7. The van der Waals surface area contributed by atoms with Gasteiger partial charge in [0.05, 0.1) is 12.8 Å². The van der Waals surface area contributed by atoms with E-state index < -0.39 is 0 Å². The van der Waals surface area contributed by atoms with Crippen molar-refractivity contribution in [2.45, 2.75) is 62.0 Å². The summed E-state index contributed by atoms with van der Waals surface area (Å²) >= 11 is 3.47. The molecule has 1 aliphatic carbocycles.